The van der Waals surface area contributed by atoms with E-state index in [0.717, 1.165) is 29.0 Å². The van der Waals surface area contributed by atoms with Crippen LogP contribution in [-0.4, -0.2) is 20.0 Å². The molecule has 2 N–H and O–H groups in total. The van der Waals surface area contributed by atoms with Gasteiger partial charge in [-0.15, -0.1) is 0 Å². The lowest BCUT2D eigenvalue weighted by Crippen LogP contribution is -2.23. The van der Waals surface area contributed by atoms with Crippen molar-refractivity contribution in [1.29, 1.82) is 0 Å². The fraction of sp³-hybridized carbons (Fsp3) is 0.267. The molecule has 1 aromatic heterocycles. The van der Waals surface area contributed by atoms with Crippen LogP contribution in [0, 0.1) is 0 Å². The van der Waals surface area contributed by atoms with E-state index in [1.54, 1.807) is 19.6 Å². The zero-order valence-corrected chi connectivity index (χ0v) is 11.5. The summed E-state index contributed by atoms with van der Waals surface area (Å²) in [6.07, 6.45) is 3.41. The minimum Gasteiger partial charge on any atom is -0.472 e. The quantitative estimate of drug-likeness (QED) is 0.894. The number of carbonyl (C=O) groups is 1. The molecule has 1 unspecified atom stereocenters. The van der Waals surface area contributed by atoms with Crippen LogP contribution >= 0.6 is 0 Å². The zero-order valence-electron chi connectivity index (χ0n) is 11.5. The molecule has 1 amide bonds. The lowest BCUT2D eigenvalue weighted by molar-refractivity contribution is -0.117. The number of nitrogens with one attached hydrogen (secondary N) is 2. The van der Waals surface area contributed by atoms with Gasteiger partial charge in [0.15, 0.2) is 0 Å². The molecule has 1 atom stereocenters. The number of anilines is 2. The van der Waals surface area contributed by atoms with Crippen molar-refractivity contribution >= 4 is 17.3 Å². The minimum absolute atomic E-state index is 0.00265. The molecule has 2 heterocycles. The Balaban J connectivity index is 1.83. The maximum Gasteiger partial charge on any atom is 0.246 e. The number of furan rings is 1. The first-order valence-electron chi connectivity index (χ1n) is 6.53. The maximum absolute atomic E-state index is 11.8. The van der Waals surface area contributed by atoms with E-state index in [4.69, 9.17) is 4.42 Å². The largest absolute Gasteiger partial charge is 0.472 e. The predicted octanol–water partition coefficient (Wildman–Crippen LogP) is 2.13. The van der Waals surface area contributed by atoms with Crippen LogP contribution in [0.25, 0.3) is 0 Å². The van der Waals surface area contributed by atoms with Crippen LogP contribution in [0.15, 0.2) is 41.2 Å². The highest BCUT2D eigenvalue weighted by Crippen LogP contribution is 2.33. The number of fused-ring (bicyclic) bond motifs is 1. The first-order valence-corrected chi connectivity index (χ1v) is 6.53. The molecule has 20 heavy (non-hydrogen) atoms. The molecule has 5 heteroatoms. The van der Waals surface area contributed by atoms with Gasteiger partial charge in [-0.3, -0.25) is 4.79 Å². The second-order valence-electron chi connectivity index (χ2n) is 4.97. The van der Waals surface area contributed by atoms with Crippen LogP contribution in [-0.2, 0) is 11.3 Å². The number of likely N-dealkylation sites (N-methyl/N-ethyl adjacent to an activating group) is 1. The highest BCUT2D eigenvalue weighted by atomic mass is 16.3. The van der Waals surface area contributed by atoms with Crippen molar-refractivity contribution in [2.45, 2.75) is 12.6 Å². The van der Waals surface area contributed by atoms with Gasteiger partial charge in [0.1, 0.15) is 6.04 Å². The third-order valence-corrected chi connectivity index (χ3v) is 3.60. The molecule has 0 bridgehead atoms. The first kappa shape index (κ1) is 12.7. The van der Waals surface area contributed by atoms with Gasteiger partial charge >= 0.3 is 0 Å². The Morgan fingerprint density at radius 2 is 2.25 bits per heavy atom. The summed E-state index contributed by atoms with van der Waals surface area (Å²) in [5, 5.41) is 5.92. The fourth-order valence-corrected chi connectivity index (χ4v) is 2.52. The van der Waals surface area contributed by atoms with Gasteiger partial charge in [0, 0.05) is 36.1 Å². The van der Waals surface area contributed by atoms with E-state index in [2.05, 4.69) is 15.5 Å². The Kier molecular flexibility index (Phi) is 3.20. The average Bonchev–Trinajstić information content (AvgIpc) is 3.04. The van der Waals surface area contributed by atoms with Crippen LogP contribution in [0.3, 0.4) is 0 Å². The highest BCUT2D eigenvalue weighted by molar-refractivity contribution is 6.03. The molecule has 5 nitrogen and oxygen atoms in total. The molecule has 0 spiro atoms. The van der Waals surface area contributed by atoms with Crippen molar-refractivity contribution in [3.8, 4) is 0 Å². The number of benzene rings is 1. The van der Waals surface area contributed by atoms with Gasteiger partial charge in [-0.1, -0.05) is 6.07 Å². The molecule has 104 valence electrons. The number of rotatable bonds is 4. The summed E-state index contributed by atoms with van der Waals surface area (Å²) >= 11 is 0. The van der Waals surface area contributed by atoms with Gasteiger partial charge in [0.05, 0.1) is 12.5 Å². The van der Waals surface area contributed by atoms with Gasteiger partial charge < -0.3 is 20.0 Å². The summed E-state index contributed by atoms with van der Waals surface area (Å²) in [4.78, 5) is 13.9. The van der Waals surface area contributed by atoms with Gasteiger partial charge in [0.25, 0.3) is 0 Å². The van der Waals surface area contributed by atoms with Crippen LogP contribution in [0.5, 0.6) is 0 Å². The number of hydrogen-bond acceptors (Lipinski definition) is 4. The molecule has 0 saturated carbocycles. The minimum atomic E-state index is -0.252. The normalized spacial score (nSPS) is 16.9. The molecule has 0 aliphatic carbocycles. The van der Waals surface area contributed by atoms with Crippen molar-refractivity contribution in [2.75, 3.05) is 24.3 Å². The molecule has 0 saturated heterocycles. The number of nitrogens with zero attached hydrogens (tertiary/aromatic N) is 1. The predicted molar refractivity (Wildman–Crippen MR) is 77.7 cm³/mol. The molecular weight excluding hydrogens is 254 g/mol. The molecule has 1 aliphatic rings. The fourth-order valence-electron chi connectivity index (χ4n) is 2.52. The van der Waals surface area contributed by atoms with E-state index in [1.165, 1.54) is 0 Å². The summed E-state index contributed by atoms with van der Waals surface area (Å²) in [6.45, 7) is 0.763. The summed E-state index contributed by atoms with van der Waals surface area (Å²) < 4.78 is 5.08. The van der Waals surface area contributed by atoms with Gasteiger partial charge in [-0.25, -0.2) is 0 Å². The molecule has 3 rings (SSSR count). The summed E-state index contributed by atoms with van der Waals surface area (Å²) in [5.41, 5.74) is 4.05. The Morgan fingerprint density at radius 1 is 1.40 bits per heavy atom. The molecule has 0 fully saturated rings. The van der Waals surface area contributed by atoms with E-state index in [1.807, 2.05) is 31.3 Å². The standard InChI is InChI=1S/C15H17N3O2/c1-16-14-12-4-3-11(7-13(12)17-15(14)19)18(2)8-10-5-6-20-9-10/h3-7,9,14,16H,8H2,1-2H3,(H,17,19). The molecule has 1 aromatic carbocycles. The monoisotopic (exact) mass is 271 g/mol. The average molecular weight is 271 g/mol. The molecule has 1 aliphatic heterocycles. The molecule has 2 aromatic rings. The SMILES string of the molecule is CNC1C(=O)Nc2cc(N(C)Cc3ccoc3)ccc21. The topological polar surface area (TPSA) is 57.5 Å². The maximum atomic E-state index is 11.8. The van der Waals surface area contributed by atoms with Crippen LogP contribution in [0.2, 0.25) is 0 Å². The van der Waals surface area contributed by atoms with E-state index in [0.29, 0.717) is 0 Å². The number of carbonyl (C=O) groups excluding carboxylic acids is 1. The van der Waals surface area contributed by atoms with E-state index < -0.39 is 0 Å². The van der Waals surface area contributed by atoms with Gasteiger partial charge in [0.2, 0.25) is 5.91 Å². The summed E-state index contributed by atoms with van der Waals surface area (Å²) in [5.74, 6) is -0.00265. The van der Waals surface area contributed by atoms with Crippen molar-refractivity contribution < 1.29 is 9.21 Å². The number of amides is 1. The molecule has 0 radical (unpaired) electrons. The first-order chi connectivity index (χ1) is 9.69. The van der Waals surface area contributed by atoms with Crippen molar-refractivity contribution in [2.24, 2.45) is 0 Å². The lowest BCUT2D eigenvalue weighted by atomic mass is 10.1. The van der Waals surface area contributed by atoms with E-state index in [-0.39, 0.29) is 11.9 Å². The Hall–Kier alpha value is -2.27. The third-order valence-electron chi connectivity index (χ3n) is 3.60. The van der Waals surface area contributed by atoms with Gasteiger partial charge in [-0.2, -0.15) is 0 Å². The Labute approximate surface area is 117 Å². The van der Waals surface area contributed by atoms with Crippen molar-refractivity contribution in [3.05, 3.63) is 47.9 Å². The number of hydrogen-bond donors (Lipinski definition) is 2. The third kappa shape index (κ3) is 2.16. The van der Waals surface area contributed by atoms with Crippen molar-refractivity contribution in [3.63, 3.8) is 0 Å². The summed E-state index contributed by atoms with van der Waals surface area (Å²) in [6, 6.07) is 7.73. The lowest BCUT2D eigenvalue weighted by Gasteiger charge is -2.19. The second kappa shape index (κ2) is 5.02. The summed E-state index contributed by atoms with van der Waals surface area (Å²) in [7, 11) is 3.80. The van der Waals surface area contributed by atoms with Crippen LogP contribution in [0.4, 0.5) is 11.4 Å². The van der Waals surface area contributed by atoms with Gasteiger partial charge in [-0.05, 0) is 25.2 Å². The van der Waals surface area contributed by atoms with Crippen molar-refractivity contribution in [1.82, 2.24) is 5.32 Å². The van der Waals surface area contributed by atoms with Crippen LogP contribution in [0.1, 0.15) is 17.2 Å². The zero-order chi connectivity index (χ0) is 14.1. The second-order valence-corrected chi connectivity index (χ2v) is 4.97. The van der Waals surface area contributed by atoms with E-state index in [9.17, 15) is 4.79 Å². The van der Waals surface area contributed by atoms with Crippen LogP contribution < -0.4 is 15.5 Å². The Morgan fingerprint density at radius 3 is 2.95 bits per heavy atom. The molecular formula is C15H17N3O2. The smallest absolute Gasteiger partial charge is 0.246 e. The Bertz CT molecular complexity index is 622. The van der Waals surface area contributed by atoms with E-state index >= 15 is 0 Å². The highest BCUT2D eigenvalue weighted by Gasteiger charge is 2.29.